The van der Waals surface area contributed by atoms with Crippen molar-refractivity contribution in [3.8, 4) is 0 Å². The Kier molecular flexibility index (Phi) is 4.31. The Morgan fingerprint density at radius 1 is 1.39 bits per heavy atom. The first-order valence-electron chi connectivity index (χ1n) is 7.67. The van der Waals surface area contributed by atoms with Crippen LogP contribution in [-0.4, -0.2) is 35.5 Å². The summed E-state index contributed by atoms with van der Waals surface area (Å²) in [6.07, 6.45) is 6.67. The molecular formula is C15H28N2O. The maximum absolute atomic E-state index is 12.9. The maximum Gasteiger partial charge on any atom is 0.243 e. The Bertz CT molecular complexity index is 297. The van der Waals surface area contributed by atoms with Crippen molar-refractivity contribution < 1.29 is 4.79 Å². The van der Waals surface area contributed by atoms with E-state index in [1.807, 2.05) is 0 Å². The fraction of sp³-hybridized carbons (Fsp3) is 0.933. The van der Waals surface area contributed by atoms with Crippen LogP contribution in [0.4, 0.5) is 0 Å². The first-order chi connectivity index (χ1) is 8.60. The van der Waals surface area contributed by atoms with Gasteiger partial charge in [-0.3, -0.25) is 4.79 Å². The number of nitrogens with one attached hydrogen (secondary N) is 1. The zero-order valence-electron chi connectivity index (χ0n) is 12.2. The fourth-order valence-corrected chi connectivity index (χ4v) is 3.63. The molecule has 0 aliphatic carbocycles. The molecule has 0 saturated carbocycles. The van der Waals surface area contributed by atoms with Crippen molar-refractivity contribution in [2.75, 3.05) is 13.1 Å². The van der Waals surface area contributed by atoms with Crippen molar-refractivity contribution >= 4 is 5.91 Å². The van der Waals surface area contributed by atoms with Crippen molar-refractivity contribution in [3.63, 3.8) is 0 Å². The second-order valence-corrected chi connectivity index (χ2v) is 6.22. The second-order valence-electron chi connectivity index (χ2n) is 6.22. The monoisotopic (exact) mass is 252 g/mol. The summed E-state index contributed by atoms with van der Waals surface area (Å²) < 4.78 is 0. The molecule has 1 N–H and O–H groups in total. The van der Waals surface area contributed by atoms with Crippen LogP contribution in [0.15, 0.2) is 0 Å². The third kappa shape index (κ3) is 2.42. The largest absolute Gasteiger partial charge is 0.338 e. The first kappa shape index (κ1) is 13.9. The van der Waals surface area contributed by atoms with Crippen LogP contribution in [0.5, 0.6) is 0 Å². The highest BCUT2D eigenvalue weighted by atomic mass is 16.2. The zero-order valence-corrected chi connectivity index (χ0v) is 12.2. The lowest BCUT2D eigenvalue weighted by Gasteiger charge is -2.43. The molecule has 18 heavy (non-hydrogen) atoms. The molecule has 0 bridgehead atoms. The zero-order chi connectivity index (χ0) is 13.2. The highest BCUT2D eigenvalue weighted by molar-refractivity contribution is 5.87. The van der Waals surface area contributed by atoms with Crippen LogP contribution in [0.1, 0.15) is 59.3 Å². The van der Waals surface area contributed by atoms with E-state index in [1.165, 1.54) is 12.8 Å². The van der Waals surface area contributed by atoms with Crippen molar-refractivity contribution in [1.29, 1.82) is 0 Å². The van der Waals surface area contributed by atoms with Crippen molar-refractivity contribution in [1.82, 2.24) is 10.2 Å². The number of nitrogens with zero attached hydrogens (tertiary/aromatic N) is 1. The smallest absolute Gasteiger partial charge is 0.243 e. The van der Waals surface area contributed by atoms with Crippen LogP contribution in [0, 0.1) is 5.92 Å². The van der Waals surface area contributed by atoms with E-state index in [4.69, 9.17) is 0 Å². The number of carbonyl (C=O) groups excluding carboxylic acids is 1. The summed E-state index contributed by atoms with van der Waals surface area (Å²) in [6, 6.07) is 0.405. The molecule has 104 valence electrons. The Morgan fingerprint density at radius 2 is 2.17 bits per heavy atom. The van der Waals surface area contributed by atoms with Crippen molar-refractivity contribution in [2.24, 2.45) is 5.92 Å². The van der Waals surface area contributed by atoms with E-state index in [0.29, 0.717) is 17.9 Å². The summed E-state index contributed by atoms with van der Waals surface area (Å²) in [7, 11) is 0. The highest BCUT2D eigenvalue weighted by Gasteiger charge is 2.44. The SMILES string of the molecule is CCCC1(C(=O)N2CCCC(C)C2C)CCCN1. The lowest BCUT2D eigenvalue weighted by Crippen LogP contribution is -2.59. The van der Waals surface area contributed by atoms with Gasteiger partial charge in [-0.2, -0.15) is 0 Å². The van der Waals surface area contributed by atoms with Gasteiger partial charge in [-0.25, -0.2) is 0 Å². The molecule has 2 rings (SSSR count). The predicted molar refractivity (Wildman–Crippen MR) is 74.4 cm³/mol. The van der Waals surface area contributed by atoms with Crippen LogP contribution in [0.3, 0.4) is 0 Å². The number of amides is 1. The topological polar surface area (TPSA) is 32.3 Å². The molecule has 0 aromatic heterocycles. The van der Waals surface area contributed by atoms with E-state index >= 15 is 0 Å². The number of likely N-dealkylation sites (tertiary alicyclic amines) is 1. The minimum Gasteiger partial charge on any atom is -0.338 e. The lowest BCUT2D eigenvalue weighted by atomic mass is 9.86. The average molecular weight is 252 g/mol. The third-order valence-corrected chi connectivity index (χ3v) is 4.96. The molecule has 2 fully saturated rings. The number of carbonyl (C=O) groups is 1. The molecule has 2 aliphatic rings. The van der Waals surface area contributed by atoms with Crippen molar-refractivity contribution in [3.05, 3.63) is 0 Å². The molecule has 0 aromatic carbocycles. The van der Waals surface area contributed by atoms with E-state index in [-0.39, 0.29) is 5.54 Å². The lowest BCUT2D eigenvalue weighted by molar-refractivity contribution is -0.143. The third-order valence-electron chi connectivity index (χ3n) is 4.96. The minimum atomic E-state index is -0.236. The normalized spacial score (nSPS) is 36.9. The molecule has 2 aliphatic heterocycles. The molecule has 0 spiro atoms. The van der Waals surface area contributed by atoms with Gasteiger partial charge in [-0.1, -0.05) is 20.3 Å². The maximum atomic E-state index is 12.9. The van der Waals surface area contributed by atoms with Gasteiger partial charge in [0.1, 0.15) is 0 Å². The Balaban J connectivity index is 2.12. The number of hydrogen-bond acceptors (Lipinski definition) is 2. The molecule has 3 heteroatoms. The molecule has 3 unspecified atom stereocenters. The van der Waals surface area contributed by atoms with Gasteiger partial charge in [-0.15, -0.1) is 0 Å². The Labute approximate surface area is 111 Å². The van der Waals surface area contributed by atoms with E-state index in [2.05, 4.69) is 31.0 Å². The standard InChI is InChI=1S/C15H28N2O/c1-4-8-15(9-6-10-16-15)14(18)17-11-5-7-12(2)13(17)3/h12-13,16H,4-11H2,1-3H3. The summed E-state index contributed by atoms with van der Waals surface area (Å²) in [4.78, 5) is 15.1. The van der Waals surface area contributed by atoms with Crippen LogP contribution < -0.4 is 5.32 Å². The molecule has 3 atom stereocenters. The van der Waals surface area contributed by atoms with Gasteiger partial charge >= 0.3 is 0 Å². The van der Waals surface area contributed by atoms with E-state index < -0.39 is 0 Å². The summed E-state index contributed by atoms with van der Waals surface area (Å²) in [5, 5.41) is 3.51. The predicted octanol–water partition coefficient (Wildman–Crippen LogP) is 2.56. The van der Waals surface area contributed by atoms with Gasteiger partial charge in [0.2, 0.25) is 5.91 Å². The summed E-state index contributed by atoms with van der Waals surface area (Å²) in [5.74, 6) is 1.02. The molecule has 3 nitrogen and oxygen atoms in total. The van der Waals surface area contributed by atoms with Crippen LogP contribution in [0.2, 0.25) is 0 Å². The first-order valence-corrected chi connectivity index (χ1v) is 7.67. The minimum absolute atomic E-state index is 0.236. The van der Waals surface area contributed by atoms with E-state index in [1.54, 1.807) is 0 Å². The van der Waals surface area contributed by atoms with Crippen LogP contribution in [0.25, 0.3) is 0 Å². The molecule has 0 radical (unpaired) electrons. The van der Waals surface area contributed by atoms with Gasteiger partial charge in [0.05, 0.1) is 5.54 Å². The molecule has 0 aromatic rings. The summed E-state index contributed by atoms with van der Waals surface area (Å²) in [5.41, 5.74) is -0.236. The number of rotatable bonds is 3. The second kappa shape index (κ2) is 5.60. The van der Waals surface area contributed by atoms with E-state index in [9.17, 15) is 4.79 Å². The summed E-state index contributed by atoms with van der Waals surface area (Å²) in [6.45, 7) is 8.63. The quantitative estimate of drug-likeness (QED) is 0.837. The average Bonchev–Trinajstić information content (AvgIpc) is 2.82. The summed E-state index contributed by atoms with van der Waals surface area (Å²) >= 11 is 0. The van der Waals surface area contributed by atoms with Gasteiger partial charge in [0, 0.05) is 12.6 Å². The van der Waals surface area contributed by atoms with Gasteiger partial charge in [0.25, 0.3) is 0 Å². The van der Waals surface area contributed by atoms with Gasteiger partial charge in [0.15, 0.2) is 0 Å². The molecule has 2 saturated heterocycles. The van der Waals surface area contributed by atoms with Crippen LogP contribution in [-0.2, 0) is 4.79 Å². The Morgan fingerprint density at radius 3 is 2.78 bits per heavy atom. The molecular weight excluding hydrogens is 224 g/mol. The highest BCUT2D eigenvalue weighted by Crippen LogP contribution is 2.31. The Hall–Kier alpha value is -0.570. The van der Waals surface area contributed by atoms with Gasteiger partial charge in [-0.05, 0) is 51.5 Å². The number of hydrogen-bond donors (Lipinski definition) is 1. The molecule has 1 amide bonds. The van der Waals surface area contributed by atoms with E-state index in [0.717, 1.165) is 38.8 Å². The fourth-order valence-electron chi connectivity index (χ4n) is 3.63. The van der Waals surface area contributed by atoms with Crippen molar-refractivity contribution in [2.45, 2.75) is 70.9 Å². The van der Waals surface area contributed by atoms with Crippen LogP contribution >= 0.6 is 0 Å². The number of piperidine rings is 1. The van der Waals surface area contributed by atoms with Gasteiger partial charge < -0.3 is 10.2 Å². The molecule has 2 heterocycles.